The Morgan fingerprint density at radius 1 is 1.12 bits per heavy atom. The minimum absolute atomic E-state index is 0.0346. The van der Waals surface area contributed by atoms with Crippen LogP contribution in [0.1, 0.15) is 30.6 Å². The lowest BCUT2D eigenvalue weighted by Crippen LogP contribution is -2.46. The quantitative estimate of drug-likeness (QED) is 0.107. The van der Waals surface area contributed by atoms with E-state index in [4.69, 9.17) is 14.2 Å². The van der Waals surface area contributed by atoms with Crippen LogP contribution in [0.3, 0.4) is 0 Å². The summed E-state index contributed by atoms with van der Waals surface area (Å²) in [6.45, 7) is 7.00. The van der Waals surface area contributed by atoms with E-state index in [0.29, 0.717) is 11.3 Å². The number of esters is 4. The molecule has 1 unspecified atom stereocenters. The molecule has 0 aromatic heterocycles. The van der Waals surface area contributed by atoms with E-state index in [1.165, 1.54) is 31.4 Å². The molecule has 0 saturated carbocycles. The van der Waals surface area contributed by atoms with Crippen LogP contribution < -0.4 is 5.01 Å². The van der Waals surface area contributed by atoms with E-state index in [2.05, 4.69) is 26.6 Å². The summed E-state index contributed by atoms with van der Waals surface area (Å²) in [5, 5.41) is 13.4. The third-order valence-corrected chi connectivity index (χ3v) is 5.67. The van der Waals surface area contributed by atoms with Gasteiger partial charge >= 0.3 is 23.9 Å². The number of anilines is 1. The number of carbonyl (C=O) groups excluding carboxylic acids is 4. The zero-order chi connectivity index (χ0) is 29.3. The van der Waals surface area contributed by atoms with Crippen LogP contribution in [-0.2, 0) is 33.3 Å². The molecule has 208 valence electrons. The first-order valence-corrected chi connectivity index (χ1v) is 12.0. The van der Waals surface area contributed by atoms with Gasteiger partial charge in [0.05, 0.1) is 43.7 Å². The number of hydrazone groups is 1. The number of hydrogen-bond donors (Lipinski definition) is 0. The zero-order valence-corrected chi connectivity index (χ0v) is 22.6. The van der Waals surface area contributed by atoms with Crippen LogP contribution in [-0.4, -0.2) is 74.5 Å². The maximum absolute atomic E-state index is 13.1. The van der Waals surface area contributed by atoms with Crippen LogP contribution in [0.25, 0.3) is 0 Å². The maximum Gasteiger partial charge on any atom is 0.398 e. The fourth-order valence-electron chi connectivity index (χ4n) is 3.72. The van der Waals surface area contributed by atoms with Crippen LogP contribution in [0.4, 0.5) is 5.69 Å². The third kappa shape index (κ3) is 7.10. The minimum atomic E-state index is -1.08. The summed E-state index contributed by atoms with van der Waals surface area (Å²) < 4.78 is 20.3. The summed E-state index contributed by atoms with van der Waals surface area (Å²) in [7, 11) is 2.43. The van der Waals surface area contributed by atoms with Crippen molar-refractivity contribution in [3.05, 3.63) is 72.2 Å². The lowest BCUT2D eigenvalue weighted by Gasteiger charge is -2.34. The zero-order valence-electron chi connectivity index (χ0n) is 22.6. The first-order chi connectivity index (χ1) is 19.1. The van der Waals surface area contributed by atoms with E-state index in [1.807, 2.05) is 0 Å². The van der Waals surface area contributed by atoms with Gasteiger partial charge in [-0.2, -0.15) is 5.10 Å². The van der Waals surface area contributed by atoms with Gasteiger partial charge in [0, 0.05) is 12.8 Å². The molecule has 1 aliphatic heterocycles. The van der Waals surface area contributed by atoms with Crippen LogP contribution in [0.2, 0.25) is 0 Å². The normalized spacial score (nSPS) is 19.0. The number of allylic oxidation sites excluding steroid dienone is 3. The molecule has 1 aliphatic carbocycles. The molecule has 12 nitrogen and oxygen atoms in total. The van der Waals surface area contributed by atoms with Crippen LogP contribution in [0.15, 0.2) is 75.5 Å². The van der Waals surface area contributed by atoms with Crippen molar-refractivity contribution in [3.63, 3.8) is 0 Å². The Labute approximate surface area is 231 Å². The highest BCUT2D eigenvalue weighted by atomic mass is 16.5. The van der Waals surface area contributed by atoms with Crippen molar-refractivity contribution < 1.29 is 38.1 Å². The molecule has 0 radical (unpaired) electrons. The molecule has 3 rings (SSSR count). The van der Waals surface area contributed by atoms with E-state index in [9.17, 15) is 19.2 Å². The molecule has 0 bridgehead atoms. The molecular formula is C28H29N4O8+. The van der Waals surface area contributed by atoms with Gasteiger partial charge in [-0.05, 0) is 31.6 Å². The van der Waals surface area contributed by atoms with E-state index in [-0.39, 0.29) is 42.2 Å². The van der Waals surface area contributed by atoms with Gasteiger partial charge in [-0.15, -0.1) is 10.2 Å². The average molecular weight is 550 g/mol. The van der Waals surface area contributed by atoms with Gasteiger partial charge in [0.25, 0.3) is 0 Å². The molecule has 1 aromatic rings. The van der Waals surface area contributed by atoms with Crippen molar-refractivity contribution in [1.29, 1.82) is 0 Å². The van der Waals surface area contributed by atoms with Crippen LogP contribution >= 0.6 is 0 Å². The number of nitrogens with zero attached hydrogens (tertiary/aromatic N) is 4. The third-order valence-electron chi connectivity index (χ3n) is 5.67. The molecule has 0 spiro atoms. The fourth-order valence-corrected chi connectivity index (χ4v) is 3.72. The number of methoxy groups -OCH3 is 2. The molecule has 2 aliphatic rings. The van der Waals surface area contributed by atoms with Crippen LogP contribution in [0.5, 0.6) is 0 Å². The Bertz CT molecular complexity index is 1360. The topological polar surface area (TPSA) is 146 Å². The predicted octanol–water partition coefficient (Wildman–Crippen LogP) is 2.76. The van der Waals surface area contributed by atoms with Gasteiger partial charge in [-0.25, -0.2) is 19.2 Å². The number of rotatable bonds is 10. The average Bonchev–Trinajstić information content (AvgIpc) is 3.31. The van der Waals surface area contributed by atoms with Gasteiger partial charge in [-0.1, -0.05) is 18.7 Å². The first-order valence-electron chi connectivity index (χ1n) is 12.0. The Kier molecular flexibility index (Phi) is 9.74. The Hall–Kier alpha value is -5.00. The van der Waals surface area contributed by atoms with Crippen molar-refractivity contribution in [3.8, 4) is 0 Å². The summed E-state index contributed by atoms with van der Waals surface area (Å²) in [4.78, 5) is 49.7. The van der Waals surface area contributed by atoms with Gasteiger partial charge in [0.1, 0.15) is 30.7 Å². The molecule has 40 heavy (non-hydrogen) atoms. The summed E-state index contributed by atoms with van der Waals surface area (Å²) in [5.74, 6) is -2.70. The molecule has 0 N–H and O–H groups in total. The first kappa shape index (κ1) is 29.6. The second-order valence-electron chi connectivity index (χ2n) is 9.04. The monoisotopic (exact) mass is 549 g/mol. The van der Waals surface area contributed by atoms with E-state index < -0.39 is 29.4 Å². The van der Waals surface area contributed by atoms with Crippen molar-refractivity contribution >= 4 is 47.2 Å². The second-order valence-corrected chi connectivity index (χ2v) is 9.04. The molecule has 0 saturated heterocycles. The van der Waals surface area contributed by atoms with E-state index >= 15 is 0 Å². The van der Waals surface area contributed by atoms with Gasteiger partial charge in [-0.3, -0.25) is 5.01 Å². The lowest BCUT2D eigenvalue weighted by atomic mass is 9.95. The highest BCUT2D eigenvalue weighted by Gasteiger charge is 2.45. The number of hydrogen-bond acceptors (Lipinski definition) is 12. The Morgan fingerprint density at radius 3 is 2.58 bits per heavy atom. The summed E-state index contributed by atoms with van der Waals surface area (Å²) in [5.41, 5.74) is 0.465. The SMILES string of the molecule is C=C(C)COC(=O)c1ccccc1N1N=C(C(=O)OC)CC1(C)COC(=O)C1=C[CH+]C=C/C1=N\N=CC(=O)OC. The molecule has 1 aromatic carbocycles. The molecule has 1 heterocycles. The summed E-state index contributed by atoms with van der Waals surface area (Å²) in [6.07, 6.45) is 7.20. The minimum Gasteiger partial charge on any atom is -0.465 e. The van der Waals surface area contributed by atoms with Crippen LogP contribution in [0, 0.1) is 6.42 Å². The molecule has 0 fully saturated rings. The Balaban J connectivity index is 1.87. The maximum atomic E-state index is 13.1. The number of para-hydroxylation sites is 1. The summed E-state index contributed by atoms with van der Waals surface area (Å²) >= 11 is 0. The molecular weight excluding hydrogens is 520 g/mol. The summed E-state index contributed by atoms with van der Waals surface area (Å²) in [6, 6.07) is 6.59. The van der Waals surface area contributed by atoms with Crippen molar-refractivity contribution in [2.24, 2.45) is 15.3 Å². The predicted molar refractivity (Wildman–Crippen MR) is 147 cm³/mol. The van der Waals surface area contributed by atoms with E-state index in [0.717, 1.165) is 6.21 Å². The fraction of sp³-hybridized carbons (Fsp3) is 0.286. The molecule has 12 heteroatoms. The number of carbonyl (C=O) groups is 4. The number of ether oxygens (including phenoxy) is 4. The highest BCUT2D eigenvalue weighted by Crippen LogP contribution is 2.36. The molecule has 1 atom stereocenters. The van der Waals surface area contributed by atoms with Crippen molar-refractivity contribution in [2.45, 2.75) is 25.8 Å². The van der Waals surface area contributed by atoms with Gasteiger partial charge < -0.3 is 18.9 Å². The highest BCUT2D eigenvalue weighted by molar-refractivity contribution is 6.37. The smallest absolute Gasteiger partial charge is 0.398 e. The van der Waals surface area contributed by atoms with Gasteiger partial charge in [0.2, 0.25) is 5.71 Å². The largest absolute Gasteiger partial charge is 0.465 e. The van der Waals surface area contributed by atoms with Crippen molar-refractivity contribution in [1.82, 2.24) is 0 Å². The van der Waals surface area contributed by atoms with Gasteiger partial charge in [0.15, 0.2) is 5.57 Å². The standard InChI is InChI=1S/C28H29N4O8/c1-18(2)16-39-26(35)20-11-7-9-13-23(20)32-28(3,14-22(31-32)27(36)38-5)17-40-25(34)19-10-6-8-12-21(19)30-29-15-24(33)37-4/h6-13,15H,1,14,16-17H2,2-5H3/q+1/b29-15?,30-21+. The molecule has 0 amide bonds. The lowest BCUT2D eigenvalue weighted by molar-refractivity contribution is -0.140. The Morgan fingerprint density at radius 2 is 1.88 bits per heavy atom. The second kappa shape index (κ2) is 13.2. The van der Waals surface area contributed by atoms with Crippen molar-refractivity contribution in [2.75, 3.05) is 32.4 Å². The number of benzene rings is 1. The van der Waals surface area contributed by atoms with E-state index in [1.54, 1.807) is 50.6 Å².